The molecule has 0 amide bonds. The van der Waals surface area contributed by atoms with Gasteiger partial charge in [-0.3, -0.25) is 0 Å². The van der Waals surface area contributed by atoms with E-state index in [1.807, 2.05) is 12.1 Å². The molecule has 0 saturated carbocycles. The van der Waals surface area contributed by atoms with Crippen molar-refractivity contribution in [1.29, 1.82) is 0 Å². The summed E-state index contributed by atoms with van der Waals surface area (Å²) in [5, 5.41) is 0. The number of benzene rings is 1. The van der Waals surface area contributed by atoms with Gasteiger partial charge < -0.3 is 0 Å². The monoisotopic (exact) mass is 389 g/mol. The van der Waals surface area contributed by atoms with Gasteiger partial charge in [0.2, 0.25) is 10.0 Å². The van der Waals surface area contributed by atoms with Crippen LogP contribution in [0.3, 0.4) is 0 Å². The summed E-state index contributed by atoms with van der Waals surface area (Å²) in [4.78, 5) is 0. The lowest BCUT2D eigenvalue weighted by Gasteiger charge is -2.05. The minimum absolute atomic E-state index is 0.0229. The van der Waals surface area contributed by atoms with Crippen LogP contribution in [0.15, 0.2) is 22.7 Å². The van der Waals surface area contributed by atoms with E-state index >= 15 is 0 Å². The van der Waals surface area contributed by atoms with Gasteiger partial charge in [-0.25, -0.2) is 13.1 Å². The van der Waals surface area contributed by atoms with Crippen LogP contribution in [0.5, 0.6) is 0 Å². The Morgan fingerprint density at radius 2 is 2.14 bits per heavy atom. The zero-order valence-corrected chi connectivity index (χ0v) is 12.0. The van der Waals surface area contributed by atoms with Crippen molar-refractivity contribution < 1.29 is 8.42 Å². The molecule has 1 rings (SSSR count). The molecule has 0 saturated heterocycles. The third kappa shape index (κ3) is 3.48. The lowest BCUT2D eigenvalue weighted by molar-refractivity contribution is 0.587. The normalized spacial score (nSPS) is 11.6. The first-order valence-electron chi connectivity index (χ1n) is 3.80. The van der Waals surface area contributed by atoms with Gasteiger partial charge in [0.05, 0.1) is 5.75 Å². The quantitative estimate of drug-likeness (QED) is 0.804. The second kappa shape index (κ2) is 4.91. The molecule has 1 aromatic carbocycles. The van der Waals surface area contributed by atoms with E-state index in [0.717, 1.165) is 13.6 Å². The van der Waals surface area contributed by atoms with E-state index in [4.69, 9.17) is 0 Å². The maximum absolute atomic E-state index is 11.3. The fraction of sp³-hybridized carbons (Fsp3) is 0.250. The Bertz CT molecular complexity index is 433. The highest BCUT2D eigenvalue weighted by Crippen LogP contribution is 2.19. The van der Waals surface area contributed by atoms with Crippen molar-refractivity contribution in [2.24, 2.45) is 0 Å². The fourth-order valence-corrected chi connectivity index (χ4v) is 3.47. The molecule has 6 heteroatoms. The Labute approximate surface area is 106 Å². The van der Waals surface area contributed by atoms with Gasteiger partial charge in [0.15, 0.2) is 0 Å². The fourth-order valence-electron chi connectivity index (χ4n) is 0.916. The Balaban J connectivity index is 2.99. The Hall–Kier alpha value is 0.340. The van der Waals surface area contributed by atoms with Gasteiger partial charge in [-0.05, 0) is 47.3 Å². The third-order valence-corrected chi connectivity index (χ3v) is 4.48. The van der Waals surface area contributed by atoms with E-state index in [2.05, 4.69) is 43.2 Å². The lowest BCUT2D eigenvalue weighted by atomic mass is 10.2. The van der Waals surface area contributed by atoms with E-state index in [1.54, 1.807) is 6.07 Å². The van der Waals surface area contributed by atoms with Crippen molar-refractivity contribution in [1.82, 2.24) is 4.72 Å². The van der Waals surface area contributed by atoms with Crippen LogP contribution in [0.1, 0.15) is 5.56 Å². The number of hydrogen-bond acceptors (Lipinski definition) is 2. The molecule has 3 nitrogen and oxygen atoms in total. The van der Waals surface area contributed by atoms with Gasteiger partial charge in [0.25, 0.3) is 0 Å². The van der Waals surface area contributed by atoms with E-state index in [0.29, 0.717) is 0 Å². The maximum Gasteiger partial charge on any atom is 0.215 e. The molecule has 0 radical (unpaired) electrons. The molecule has 0 spiro atoms. The Morgan fingerprint density at radius 3 is 2.64 bits per heavy atom. The van der Waals surface area contributed by atoms with Crippen molar-refractivity contribution in [3.05, 3.63) is 31.8 Å². The van der Waals surface area contributed by atoms with E-state index in [9.17, 15) is 8.42 Å². The molecule has 14 heavy (non-hydrogen) atoms. The molecule has 78 valence electrons. The molecule has 0 aromatic heterocycles. The zero-order valence-electron chi connectivity index (χ0n) is 7.42. The molecule has 1 N–H and O–H groups in total. The van der Waals surface area contributed by atoms with Crippen molar-refractivity contribution >= 4 is 48.5 Å². The highest BCUT2D eigenvalue weighted by Gasteiger charge is 2.10. The number of sulfonamides is 1. The topological polar surface area (TPSA) is 46.2 Å². The summed E-state index contributed by atoms with van der Waals surface area (Å²) in [6, 6.07) is 5.53. The maximum atomic E-state index is 11.3. The lowest BCUT2D eigenvalue weighted by Crippen LogP contribution is -2.20. The predicted octanol–water partition coefficient (Wildman–Crippen LogP) is 2.10. The highest BCUT2D eigenvalue weighted by atomic mass is 127. The summed E-state index contributed by atoms with van der Waals surface area (Å²) in [7, 11) is -1.76. The van der Waals surface area contributed by atoms with Crippen LogP contribution < -0.4 is 4.72 Å². The second-order valence-electron chi connectivity index (χ2n) is 2.70. The molecule has 0 aliphatic heterocycles. The molecule has 0 unspecified atom stereocenters. The average molecular weight is 390 g/mol. The van der Waals surface area contributed by atoms with E-state index in [1.165, 1.54) is 7.05 Å². The molecule has 0 heterocycles. The minimum atomic E-state index is -3.18. The van der Waals surface area contributed by atoms with Crippen LogP contribution in [0.4, 0.5) is 0 Å². The van der Waals surface area contributed by atoms with Crippen molar-refractivity contribution in [2.45, 2.75) is 5.75 Å². The molecule has 0 aliphatic carbocycles. The molecular formula is C8H9BrINO2S. The van der Waals surface area contributed by atoms with Gasteiger partial charge >= 0.3 is 0 Å². The van der Waals surface area contributed by atoms with Gasteiger partial charge in [0.1, 0.15) is 0 Å². The number of halogens is 2. The van der Waals surface area contributed by atoms with Crippen LogP contribution in [0, 0.1) is 3.57 Å². The summed E-state index contributed by atoms with van der Waals surface area (Å²) in [5.41, 5.74) is 0.808. The predicted molar refractivity (Wildman–Crippen MR) is 68.5 cm³/mol. The highest BCUT2D eigenvalue weighted by molar-refractivity contribution is 14.1. The molecule has 0 fully saturated rings. The number of hydrogen-bond donors (Lipinski definition) is 1. The third-order valence-electron chi connectivity index (χ3n) is 1.67. The first-order valence-corrected chi connectivity index (χ1v) is 7.32. The SMILES string of the molecule is CNS(=O)(=O)Cc1ccc(Br)cc1I. The summed E-state index contributed by atoms with van der Waals surface area (Å²) < 4.78 is 26.7. The van der Waals surface area contributed by atoms with Gasteiger partial charge in [-0.15, -0.1) is 0 Å². The van der Waals surface area contributed by atoms with Crippen molar-refractivity contribution in [3.8, 4) is 0 Å². The number of nitrogens with one attached hydrogen (secondary N) is 1. The second-order valence-corrected chi connectivity index (χ2v) is 6.70. The summed E-state index contributed by atoms with van der Waals surface area (Å²) in [6.45, 7) is 0. The van der Waals surface area contributed by atoms with E-state index in [-0.39, 0.29) is 5.75 Å². The average Bonchev–Trinajstić information content (AvgIpc) is 2.10. The standard InChI is InChI=1S/C8H9BrINO2S/c1-11-14(12,13)5-6-2-3-7(9)4-8(6)10/h2-4,11H,5H2,1H3. The summed E-state index contributed by atoms with van der Waals surface area (Å²) in [5.74, 6) is 0.0229. The Kier molecular flexibility index (Phi) is 4.35. The first kappa shape index (κ1) is 12.4. The summed E-state index contributed by atoms with van der Waals surface area (Å²) in [6.07, 6.45) is 0. The van der Waals surface area contributed by atoms with Gasteiger partial charge in [-0.2, -0.15) is 0 Å². The van der Waals surface area contributed by atoms with Crippen LogP contribution in [-0.4, -0.2) is 15.5 Å². The van der Waals surface area contributed by atoms with Crippen LogP contribution in [0.2, 0.25) is 0 Å². The van der Waals surface area contributed by atoms with Crippen LogP contribution >= 0.6 is 38.5 Å². The molecule has 0 aliphatic rings. The smallest absolute Gasteiger partial charge is 0.215 e. The molecule has 0 atom stereocenters. The zero-order chi connectivity index (χ0) is 10.8. The van der Waals surface area contributed by atoms with Crippen molar-refractivity contribution in [3.63, 3.8) is 0 Å². The number of rotatable bonds is 3. The molecule has 1 aromatic rings. The Morgan fingerprint density at radius 1 is 1.50 bits per heavy atom. The van der Waals surface area contributed by atoms with Gasteiger partial charge in [-0.1, -0.05) is 22.0 Å². The minimum Gasteiger partial charge on any atom is -0.218 e. The summed E-state index contributed by atoms with van der Waals surface area (Å²) >= 11 is 5.44. The van der Waals surface area contributed by atoms with Crippen LogP contribution in [-0.2, 0) is 15.8 Å². The molecular weight excluding hydrogens is 381 g/mol. The van der Waals surface area contributed by atoms with E-state index < -0.39 is 10.0 Å². The van der Waals surface area contributed by atoms with Crippen molar-refractivity contribution in [2.75, 3.05) is 7.05 Å². The largest absolute Gasteiger partial charge is 0.218 e. The molecule has 0 bridgehead atoms. The first-order chi connectivity index (χ1) is 6.44. The van der Waals surface area contributed by atoms with Gasteiger partial charge in [0, 0.05) is 8.04 Å². The van der Waals surface area contributed by atoms with Crippen LogP contribution in [0.25, 0.3) is 0 Å².